The summed E-state index contributed by atoms with van der Waals surface area (Å²) in [5.41, 5.74) is 6.68. The topological polar surface area (TPSA) is 56.4 Å². The van der Waals surface area contributed by atoms with Crippen LogP contribution in [-0.4, -0.2) is 37.4 Å². The van der Waals surface area contributed by atoms with E-state index in [1.165, 1.54) is 11.1 Å². The summed E-state index contributed by atoms with van der Waals surface area (Å²) >= 11 is 0. The molecule has 0 spiro atoms. The molecule has 1 aliphatic rings. The molecule has 5 nitrogen and oxygen atoms in total. The first-order valence-electron chi connectivity index (χ1n) is 10.6. The molecule has 2 aromatic heterocycles. The minimum atomic E-state index is 0.602. The van der Waals surface area contributed by atoms with Crippen LogP contribution >= 0.6 is 0 Å². The number of aromatic nitrogens is 2. The lowest BCUT2D eigenvalue weighted by atomic mass is 9.90. The van der Waals surface area contributed by atoms with Crippen molar-refractivity contribution in [2.75, 3.05) is 27.4 Å². The fourth-order valence-electron chi connectivity index (χ4n) is 4.38. The highest BCUT2D eigenvalue weighted by molar-refractivity contribution is 5.96. The Labute approximate surface area is 182 Å². The summed E-state index contributed by atoms with van der Waals surface area (Å²) in [4.78, 5) is 7.95. The minimum absolute atomic E-state index is 0.602. The Morgan fingerprint density at radius 1 is 0.871 bits per heavy atom. The Hall–Kier alpha value is -3.31. The zero-order chi connectivity index (χ0) is 21.2. The van der Waals surface area contributed by atoms with E-state index in [0.717, 1.165) is 59.5 Å². The van der Waals surface area contributed by atoms with Gasteiger partial charge in [-0.05, 0) is 53.6 Å². The largest absolute Gasteiger partial charge is 0.493 e. The van der Waals surface area contributed by atoms with Crippen molar-refractivity contribution in [1.29, 1.82) is 0 Å². The number of aromatic amines is 1. The fraction of sp³-hybridized carbons (Fsp3) is 0.269. The van der Waals surface area contributed by atoms with Crippen molar-refractivity contribution in [2.45, 2.75) is 18.8 Å². The molecule has 5 rings (SSSR count). The predicted octanol–water partition coefficient (Wildman–Crippen LogP) is 5.81. The third-order valence-electron chi connectivity index (χ3n) is 6.16. The Bertz CT molecular complexity index is 1190. The second-order valence-electron chi connectivity index (χ2n) is 7.90. The molecule has 0 saturated carbocycles. The summed E-state index contributed by atoms with van der Waals surface area (Å²) < 4.78 is 16.4. The molecule has 1 fully saturated rings. The van der Waals surface area contributed by atoms with E-state index < -0.39 is 0 Å². The van der Waals surface area contributed by atoms with Gasteiger partial charge >= 0.3 is 0 Å². The summed E-state index contributed by atoms with van der Waals surface area (Å²) in [6, 6.07) is 17.1. The number of hydrogen-bond donors (Lipinski definition) is 1. The van der Waals surface area contributed by atoms with Gasteiger partial charge in [-0.2, -0.15) is 0 Å². The normalized spacial score (nSPS) is 14.6. The summed E-state index contributed by atoms with van der Waals surface area (Å²) in [5, 5.41) is 1.08. The first kappa shape index (κ1) is 19.6. The molecule has 158 valence electrons. The van der Waals surface area contributed by atoms with Gasteiger partial charge in [0, 0.05) is 42.1 Å². The number of H-pyrrole nitrogens is 1. The lowest BCUT2D eigenvalue weighted by molar-refractivity contribution is 0.0853. The van der Waals surface area contributed by atoms with Crippen molar-refractivity contribution >= 4 is 11.0 Å². The number of nitrogens with zero attached hydrogens (tertiary/aromatic N) is 1. The van der Waals surface area contributed by atoms with Crippen molar-refractivity contribution in [1.82, 2.24) is 9.97 Å². The average molecular weight is 415 g/mol. The van der Waals surface area contributed by atoms with Crippen LogP contribution in [-0.2, 0) is 4.74 Å². The zero-order valence-corrected chi connectivity index (χ0v) is 17.9. The molecule has 0 bridgehead atoms. The number of rotatable bonds is 5. The molecule has 0 unspecified atom stereocenters. The third kappa shape index (κ3) is 3.77. The van der Waals surface area contributed by atoms with Crippen molar-refractivity contribution in [3.8, 4) is 33.8 Å². The summed E-state index contributed by atoms with van der Waals surface area (Å²) in [6.45, 7) is 1.72. The third-order valence-corrected chi connectivity index (χ3v) is 6.16. The summed E-state index contributed by atoms with van der Waals surface area (Å²) in [5.74, 6) is 2.03. The van der Waals surface area contributed by atoms with Gasteiger partial charge in [0.1, 0.15) is 5.65 Å². The second-order valence-corrected chi connectivity index (χ2v) is 7.90. The van der Waals surface area contributed by atoms with E-state index in [1.54, 1.807) is 14.2 Å². The van der Waals surface area contributed by atoms with E-state index in [9.17, 15) is 0 Å². The number of nitrogens with one attached hydrogen (secondary N) is 1. The highest BCUT2D eigenvalue weighted by Gasteiger charge is 2.16. The van der Waals surface area contributed by atoms with E-state index in [1.807, 2.05) is 30.6 Å². The highest BCUT2D eigenvalue weighted by Crippen LogP contribution is 2.36. The molecule has 31 heavy (non-hydrogen) atoms. The predicted molar refractivity (Wildman–Crippen MR) is 123 cm³/mol. The van der Waals surface area contributed by atoms with Gasteiger partial charge in [0.25, 0.3) is 0 Å². The van der Waals surface area contributed by atoms with E-state index >= 15 is 0 Å². The van der Waals surface area contributed by atoms with Crippen LogP contribution < -0.4 is 9.47 Å². The Kier molecular flexibility index (Phi) is 5.35. The second kappa shape index (κ2) is 8.44. The molecule has 1 saturated heterocycles. The molecule has 0 atom stereocenters. The molecule has 1 N–H and O–H groups in total. The average Bonchev–Trinajstić information content (AvgIpc) is 3.27. The number of pyridine rings is 1. The van der Waals surface area contributed by atoms with Gasteiger partial charge in [-0.25, -0.2) is 4.98 Å². The van der Waals surface area contributed by atoms with Gasteiger partial charge < -0.3 is 19.2 Å². The minimum Gasteiger partial charge on any atom is -0.493 e. The maximum atomic E-state index is 5.50. The molecule has 4 aromatic rings. The summed E-state index contributed by atoms with van der Waals surface area (Å²) in [7, 11) is 3.30. The first-order valence-corrected chi connectivity index (χ1v) is 10.6. The number of ether oxygens (including phenoxy) is 3. The Morgan fingerprint density at radius 2 is 1.61 bits per heavy atom. The van der Waals surface area contributed by atoms with Crippen LogP contribution in [0.1, 0.15) is 24.3 Å². The standard InChI is InChI=1S/C26H26N2O3/c1-29-24-8-7-20(14-25(24)30-2)23-16-28-26-22(23)13-21(15-27-26)18-5-3-17(4-6-18)19-9-11-31-12-10-19/h3-8,13-16,19H,9-12H2,1-2H3,(H,27,28). The lowest BCUT2D eigenvalue weighted by Crippen LogP contribution is -2.13. The van der Waals surface area contributed by atoms with Crippen LogP contribution in [0.3, 0.4) is 0 Å². The maximum Gasteiger partial charge on any atom is 0.161 e. The molecule has 0 radical (unpaired) electrons. The quantitative estimate of drug-likeness (QED) is 0.448. The van der Waals surface area contributed by atoms with Crippen LogP contribution in [0.15, 0.2) is 60.9 Å². The Balaban J connectivity index is 1.49. The Morgan fingerprint density at radius 3 is 2.35 bits per heavy atom. The van der Waals surface area contributed by atoms with E-state index in [2.05, 4.69) is 40.3 Å². The highest BCUT2D eigenvalue weighted by atomic mass is 16.5. The van der Waals surface area contributed by atoms with E-state index in [-0.39, 0.29) is 0 Å². The molecular formula is C26H26N2O3. The number of benzene rings is 2. The molecule has 0 aliphatic carbocycles. The molecule has 2 aromatic carbocycles. The van der Waals surface area contributed by atoms with Gasteiger partial charge in [-0.15, -0.1) is 0 Å². The van der Waals surface area contributed by atoms with Crippen molar-refractivity contribution in [2.24, 2.45) is 0 Å². The molecule has 0 amide bonds. The van der Waals surface area contributed by atoms with E-state index in [4.69, 9.17) is 14.2 Å². The smallest absolute Gasteiger partial charge is 0.161 e. The molecule has 1 aliphatic heterocycles. The molecular weight excluding hydrogens is 388 g/mol. The lowest BCUT2D eigenvalue weighted by Gasteiger charge is -2.22. The molecule has 5 heteroatoms. The van der Waals surface area contributed by atoms with Crippen LogP contribution in [0.25, 0.3) is 33.3 Å². The number of hydrogen-bond acceptors (Lipinski definition) is 4. The summed E-state index contributed by atoms with van der Waals surface area (Å²) in [6.07, 6.45) is 6.13. The fourth-order valence-corrected chi connectivity index (χ4v) is 4.38. The zero-order valence-electron chi connectivity index (χ0n) is 17.9. The van der Waals surface area contributed by atoms with Gasteiger partial charge in [-0.1, -0.05) is 30.3 Å². The van der Waals surface area contributed by atoms with Gasteiger partial charge in [0.05, 0.1) is 14.2 Å². The van der Waals surface area contributed by atoms with Gasteiger partial charge in [-0.3, -0.25) is 0 Å². The number of methoxy groups -OCH3 is 2. The maximum absolute atomic E-state index is 5.50. The van der Waals surface area contributed by atoms with Crippen LogP contribution in [0.4, 0.5) is 0 Å². The number of fused-ring (bicyclic) bond motifs is 1. The van der Waals surface area contributed by atoms with Crippen LogP contribution in [0.5, 0.6) is 11.5 Å². The van der Waals surface area contributed by atoms with Gasteiger partial charge in [0.15, 0.2) is 11.5 Å². The van der Waals surface area contributed by atoms with Crippen LogP contribution in [0.2, 0.25) is 0 Å². The van der Waals surface area contributed by atoms with Crippen molar-refractivity contribution in [3.63, 3.8) is 0 Å². The van der Waals surface area contributed by atoms with Crippen LogP contribution in [0, 0.1) is 0 Å². The van der Waals surface area contributed by atoms with Crippen molar-refractivity contribution < 1.29 is 14.2 Å². The monoisotopic (exact) mass is 414 g/mol. The van der Waals surface area contributed by atoms with Gasteiger partial charge in [0.2, 0.25) is 0 Å². The van der Waals surface area contributed by atoms with E-state index in [0.29, 0.717) is 11.7 Å². The van der Waals surface area contributed by atoms with Crippen molar-refractivity contribution in [3.05, 3.63) is 66.5 Å². The SMILES string of the molecule is COc1ccc(-c2c[nH]c3ncc(-c4ccc(C5CCOCC5)cc4)cc23)cc1OC. The molecule has 3 heterocycles. The first-order chi connectivity index (χ1) is 15.3.